The third-order valence-electron chi connectivity index (χ3n) is 8.91. The number of hydrogen-bond acceptors (Lipinski definition) is 0. The second kappa shape index (κ2) is 15.6. The van der Waals surface area contributed by atoms with Gasteiger partial charge in [0, 0.05) is 5.92 Å². The van der Waals surface area contributed by atoms with Gasteiger partial charge in [-0.3, -0.25) is 0 Å². The summed E-state index contributed by atoms with van der Waals surface area (Å²) >= 11 is 0. The van der Waals surface area contributed by atoms with Crippen LogP contribution in [0.25, 0.3) is 0 Å². The molecular weight excluding hydrogens is 420 g/mol. The Kier molecular flexibility index (Phi) is 13.3. The number of unbranched alkanes of at least 4 members (excludes halogenated alkanes) is 3. The summed E-state index contributed by atoms with van der Waals surface area (Å²) in [6, 6.07) is 7.42. The molecule has 1 saturated carbocycles. The van der Waals surface area contributed by atoms with Gasteiger partial charge in [-0.05, 0) is 99.2 Å². The predicted molar refractivity (Wildman–Crippen MR) is 157 cm³/mol. The number of allylic oxidation sites excluding steroid dienone is 2. The SMILES string of the molecule is CC#CC1C(c2ccc(C)c(CCC)c2)CC(CCC)(CCCCCC)C1CC/C(=C/CC)CC. The first-order chi connectivity index (χ1) is 17.0. The van der Waals surface area contributed by atoms with E-state index in [2.05, 4.69) is 84.6 Å². The minimum absolute atomic E-state index is 0.447. The van der Waals surface area contributed by atoms with E-state index >= 15 is 0 Å². The molecule has 2 rings (SSSR count). The molecule has 196 valence electrons. The maximum absolute atomic E-state index is 3.83. The lowest BCUT2D eigenvalue weighted by Crippen LogP contribution is -2.28. The molecule has 0 aromatic heterocycles. The highest BCUT2D eigenvalue weighted by Gasteiger charge is 2.51. The van der Waals surface area contributed by atoms with Crippen LogP contribution in [0.1, 0.15) is 148 Å². The Labute approximate surface area is 219 Å². The van der Waals surface area contributed by atoms with Crippen LogP contribution in [-0.2, 0) is 6.42 Å². The molecule has 0 N–H and O–H groups in total. The summed E-state index contributed by atoms with van der Waals surface area (Å²) in [5.74, 6) is 9.03. The van der Waals surface area contributed by atoms with Gasteiger partial charge >= 0.3 is 0 Å². The molecule has 0 heteroatoms. The van der Waals surface area contributed by atoms with Crippen LogP contribution in [0.4, 0.5) is 0 Å². The lowest BCUT2D eigenvalue weighted by Gasteiger charge is -2.37. The van der Waals surface area contributed by atoms with Gasteiger partial charge in [-0.25, -0.2) is 0 Å². The second-order valence-corrected chi connectivity index (χ2v) is 11.4. The maximum atomic E-state index is 3.83. The molecule has 4 atom stereocenters. The fourth-order valence-corrected chi connectivity index (χ4v) is 7.17. The van der Waals surface area contributed by atoms with E-state index in [4.69, 9.17) is 0 Å². The standard InChI is InChI=1S/C35H56/c1-8-14-15-16-25-35(24-12-5)27-33(31-22-20-28(7)30(26-31)18-10-3)32(19-11-4)34(35)23-21-29(13-6)17-9-2/h17,20,22,26,32-34H,8-10,12-16,18,21,23-25,27H2,1-7H3/b29-17+. The van der Waals surface area contributed by atoms with Gasteiger partial charge < -0.3 is 0 Å². The topological polar surface area (TPSA) is 0 Å². The van der Waals surface area contributed by atoms with Crippen molar-refractivity contribution in [2.75, 3.05) is 0 Å². The highest BCUT2D eigenvalue weighted by Crippen LogP contribution is 2.60. The third kappa shape index (κ3) is 8.00. The molecule has 1 aliphatic rings. The van der Waals surface area contributed by atoms with Crippen molar-refractivity contribution in [1.29, 1.82) is 0 Å². The largest absolute Gasteiger partial charge is 0.106 e. The molecular formula is C35H56. The summed E-state index contributed by atoms with van der Waals surface area (Å²) in [5.41, 5.74) is 6.70. The van der Waals surface area contributed by atoms with E-state index in [1.165, 1.54) is 89.0 Å². The van der Waals surface area contributed by atoms with Crippen LogP contribution in [0, 0.1) is 36.0 Å². The first-order valence-corrected chi connectivity index (χ1v) is 15.2. The second-order valence-electron chi connectivity index (χ2n) is 11.4. The van der Waals surface area contributed by atoms with Crippen molar-refractivity contribution >= 4 is 0 Å². The van der Waals surface area contributed by atoms with Crippen molar-refractivity contribution in [3.8, 4) is 11.8 Å². The third-order valence-corrected chi connectivity index (χ3v) is 8.91. The normalized spacial score (nSPS) is 24.4. The van der Waals surface area contributed by atoms with Crippen LogP contribution in [0.3, 0.4) is 0 Å². The van der Waals surface area contributed by atoms with Crippen LogP contribution >= 0.6 is 0 Å². The van der Waals surface area contributed by atoms with Gasteiger partial charge in [-0.15, -0.1) is 5.92 Å². The fourth-order valence-electron chi connectivity index (χ4n) is 7.17. The van der Waals surface area contributed by atoms with Gasteiger partial charge in [-0.2, -0.15) is 0 Å². The van der Waals surface area contributed by atoms with Gasteiger partial charge in [-0.1, -0.05) is 109 Å². The van der Waals surface area contributed by atoms with Crippen molar-refractivity contribution in [2.24, 2.45) is 17.3 Å². The van der Waals surface area contributed by atoms with Crippen LogP contribution < -0.4 is 0 Å². The molecule has 0 nitrogen and oxygen atoms in total. The summed E-state index contributed by atoms with van der Waals surface area (Å²) < 4.78 is 0. The summed E-state index contributed by atoms with van der Waals surface area (Å²) in [5, 5.41) is 0. The van der Waals surface area contributed by atoms with E-state index in [-0.39, 0.29) is 0 Å². The Balaban J connectivity index is 2.50. The molecule has 35 heavy (non-hydrogen) atoms. The molecule has 1 aliphatic carbocycles. The van der Waals surface area contributed by atoms with E-state index in [0.717, 1.165) is 6.42 Å². The highest BCUT2D eigenvalue weighted by atomic mass is 14.5. The molecule has 0 radical (unpaired) electrons. The summed E-state index contributed by atoms with van der Waals surface area (Å²) in [4.78, 5) is 0. The molecule has 1 aromatic carbocycles. The smallest absolute Gasteiger partial charge is 0.0305 e. The van der Waals surface area contributed by atoms with E-state index in [1.807, 2.05) is 0 Å². The van der Waals surface area contributed by atoms with E-state index < -0.39 is 0 Å². The van der Waals surface area contributed by atoms with Gasteiger partial charge in [0.2, 0.25) is 0 Å². The molecule has 0 saturated heterocycles. The van der Waals surface area contributed by atoms with Crippen molar-refractivity contribution in [3.05, 3.63) is 46.5 Å². The molecule has 0 heterocycles. The van der Waals surface area contributed by atoms with Crippen LogP contribution in [0.15, 0.2) is 29.8 Å². The number of aryl methyl sites for hydroxylation is 2. The zero-order chi connectivity index (χ0) is 25.7. The molecule has 0 aliphatic heterocycles. The fraction of sp³-hybridized carbons (Fsp3) is 0.714. The molecule has 1 fully saturated rings. The number of benzene rings is 1. The van der Waals surface area contributed by atoms with Crippen molar-refractivity contribution in [1.82, 2.24) is 0 Å². The number of rotatable bonds is 15. The molecule has 0 amide bonds. The Morgan fingerprint density at radius 2 is 1.80 bits per heavy atom. The van der Waals surface area contributed by atoms with E-state index in [0.29, 0.717) is 23.2 Å². The zero-order valence-corrected chi connectivity index (χ0v) is 24.4. The van der Waals surface area contributed by atoms with Crippen molar-refractivity contribution in [3.63, 3.8) is 0 Å². The molecule has 1 aromatic rings. The average Bonchev–Trinajstić information content (AvgIpc) is 3.14. The Morgan fingerprint density at radius 3 is 2.43 bits per heavy atom. The van der Waals surface area contributed by atoms with Gasteiger partial charge in [0.15, 0.2) is 0 Å². The van der Waals surface area contributed by atoms with Crippen molar-refractivity contribution < 1.29 is 0 Å². The zero-order valence-electron chi connectivity index (χ0n) is 24.4. The first-order valence-electron chi connectivity index (χ1n) is 15.2. The van der Waals surface area contributed by atoms with E-state index in [9.17, 15) is 0 Å². The molecule has 0 bridgehead atoms. The van der Waals surface area contributed by atoms with Gasteiger partial charge in [0.05, 0.1) is 0 Å². The minimum Gasteiger partial charge on any atom is -0.106 e. The lowest BCUT2D eigenvalue weighted by molar-refractivity contribution is 0.135. The summed E-state index contributed by atoms with van der Waals surface area (Å²) in [7, 11) is 0. The van der Waals surface area contributed by atoms with Gasteiger partial charge in [0.1, 0.15) is 0 Å². The first kappa shape index (κ1) is 29.7. The Hall–Kier alpha value is -1.48. The Bertz CT molecular complexity index is 831. The summed E-state index contributed by atoms with van der Waals surface area (Å²) in [6.07, 6.45) is 20.7. The Morgan fingerprint density at radius 1 is 1.00 bits per heavy atom. The highest BCUT2D eigenvalue weighted by molar-refractivity contribution is 5.36. The quantitative estimate of drug-likeness (QED) is 0.134. The van der Waals surface area contributed by atoms with Crippen LogP contribution in [0.2, 0.25) is 0 Å². The minimum atomic E-state index is 0.447. The predicted octanol–water partition coefficient (Wildman–Crippen LogP) is 11.0. The maximum Gasteiger partial charge on any atom is 0.0305 e. The lowest BCUT2D eigenvalue weighted by atomic mass is 9.67. The molecule has 4 unspecified atom stereocenters. The average molecular weight is 477 g/mol. The van der Waals surface area contributed by atoms with E-state index in [1.54, 1.807) is 16.7 Å². The molecule has 0 spiro atoms. The van der Waals surface area contributed by atoms with Crippen LogP contribution in [-0.4, -0.2) is 0 Å². The van der Waals surface area contributed by atoms with Crippen LogP contribution in [0.5, 0.6) is 0 Å². The monoisotopic (exact) mass is 476 g/mol. The summed E-state index contributed by atoms with van der Waals surface area (Å²) in [6.45, 7) is 16.0. The number of hydrogen-bond donors (Lipinski definition) is 0. The van der Waals surface area contributed by atoms with Crippen molar-refractivity contribution in [2.45, 2.75) is 144 Å². The van der Waals surface area contributed by atoms with Gasteiger partial charge in [0.25, 0.3) is 0 Å².